The maximum Gasteiger partial charge on any atom is 0.407 e. The molecule has 1 aliphatic carbocycles. The van der Waals surface area contributed by atoms with Gasteiger partial charge in [-0.05, 0) is 58.8 Å². The van der Waals surface area contributed by atoms with Gasteiger partial charge in [-0.15, -0.1) is 0 Å². The highest BCUT2D eigenvalue weighted by molar-refractivity contribution is 5.67. The first-order valence-corrected chi connectivity index (χ1v) is 9.07. The summed E-state index contributed by atoms with van der Waals surface area (Å²) >= 11 is 0. The molecule has 0 aromatic heterocycles. The highest BCUT2D eigenvalue weighted by atomic mass is 16.6. The predicted molar refractivity (Wildman–Crippen MR) is 92.1 cm³/mol. The molecular weight excluding hydrogens is 276 g/mol. The Balaban J connectivity index is 2.34. The fraction of sp³-hybridized carbons (Fsp3) is 0.944. The summed E-state index contributed by atoms with van der Waals surface area (Å²) in [5.41, 5.74) is -0.434. The van der Waals surface area contributed by atoms with E-state index in [4.69, 9.17) is 4.74 Å². The van der Waals surface area contributed by atoms with Crippen LogP contribution in [0.25, 0.3) is 0 Å². The highest BCUT2D eigenvalue weighted by Gasteiger charge is 2.23. The molecule has 1 aliphatic rings. The molecule has 0 spiro atoms. The Kier molecular flexibility index (Phi) is 8.23. The first kappa shape index (κ1) is 19.3. The van der Waals surface area contributed by atoms with Crippen LogP contribution in [-0.4, -0.2) is 30.3 Å². The lowest BCUT2D eigenvalue weighted by atomic mass is 9.84. The molecule has 0 radical (unpaired) electrons. The number of rotatable bonds is 7. The van der Waals surface area contributed by atoms with Gasteiger partial charge in [0, 0.05) is 18.6 Å². The monoisotopic (exact) mass is 312 g/mol. The van der Waals surface area contributed by atoms with E-state index in [1.807, 2.05) is 20.8 Å². The number of nitrogens with one attached hydrogen (secondary N) is 2. The van der Waals surface area contributed by atoms with Crippen molar-refractivity contribution in [3.63, 3.8) is 0 Å². The van der Waals surface area contributed by atoms with E-state index in [2.05, 4.69) is 24.5 Å². The number of amides is 1. The second-order valence-electron chi connectivity index (χ2n) is 7.66. The van der Waals surface area contributed by atoms with Gasteiger partial charge in [-0.1, -0.05) is 26.7 Å². The van der Waals surface area contributed by atoms with E-state index in [1.165, 1.54) is 32.1 Å². The maximum absolute atomic E-state index is 11.8. The van der Waals surface area contributed by atoms with Crippen molar-refractivity contribution in [2.24, 2.45) is 5.92 Å². The molecule has 4 heteroatoms. The van der Waals surface area contributed by atoms with Gasteiger partial charge in [0.2, 0.25) is 0 Å². The van der Waals surface area contributed by atoms with Crippen LogP contribution in [0.1, 0.15) is 79.6 Å². The second-order valence-corrected chi connectivity index (χ2v) is 7.66. The van der Waals surface area contributed by atoms with Gasteiger partial charge in [-0.2, -0.15) is 0 Å². The topological polar surface area (TPSA) is 50.4 Å². The molecule has 2 N–H and O–H groups in total. The van der Waals surface area contributed by atoms with Crippen molar-refractivity contribution in [1.29, 1.82) is 0 Å². The lowest BCUT2D eigenvalue weighted by molar-refractivity contribution is 0.0520. The lowest BCUT2D eigenvalue weighted by Crippen LogP contribution is -2.47. The second kappa shape index (κ2) is 9.39. The first-order valence-electron chi connectivity index (χ1n) is 9.07. The zero-order valence-corrected chi connectivity index (χ0v) is 15.2. The molecular formula is C18H36N2O2. The summed E-state index contributed by atoms with van der Waals surface area (Å²) < 4.78 is 5.31. The van der Waals surface area contributed by atoms with E-state index in [0.29, 0.717) is 18.6 Å². The molecule has 1 atom stereocenters. The van der Waals surface area contributed by atoms with Gasteiger partial charge in [-0.3, -0.25) is 0 Å². The molecule has 0 aromatic carbocycles. The van der Waals surface area contributed by atoms with Crippen LogP contribution in [0.3, 0.4) is 0 Å². The predicted octanol–water partition coefficient (Wildman–Crippen LogP) is 4.24. The van der Waals surface area contributed by atoms with E-state index in [0.717, 1.165) is 18.8 Å². The summed E-state index contributed by atoms with van der Waals surface area (Å²) in [5, 5.41) is 6.66. The third kappa shape index (κ3) is 8.02. The smallest absolute Gasteiger partial charge is 0.407 e. The van der Waals surface area contributed by atoms with Crippen LogP contribution in [0.2, 0.25) is 0 Å². The number of hydrogen-bond acceptors (Lipinski definition) is 3. The summed E-state index contributed by atoms with van der Waals surface area (Å²) in [6.07, 6.45) is 8.42. The quantitative estimate of drug-likeness (QED) is 0.739. The summed E-state index contributed by atoms with van der Waals surface area (Å²) in [5.74, 6) is 0.919. The van der Waals surface area contributed by atoms with Gasteiger partial charge < -0.3 is 15.4 Å². The molecule has 0 aromatic rings. The zero-order chi connectivity index (χ0) is 16.6. The van der Waals surface area contributed by atoms with Crippen molar-refractivity contribution in [2.75, 3.05) is 6.54 Å². The van der Waals surface area contributed by atoms with Crippen LogP contribution < -0.4 is 10.6 Å². The van der Waals surface area contributed by atoms with Gasteiger partial charge in [0.25, 0.3) is 0 Å². The average molecular weight is 312 g/mol. The van der Waals surface area contributed by atoms with Crippen molar-refractivity contribution in [1.82, 2.24) is 10.6 Å². The fourth-order valence-electron chi connectivity index (χ4n) is 3.18. The Morgan fingerprint density at radius 3 is 2.32 bits per heavy atom. The summed E-state index contributed by atoms with van der Waals surface area (Å²) in [6, 6.07) is 0.959. The molecule has 1 rings (SSSR count). The first-order chi connectivity index (χ1) is 10.3. The Hall–Kier alpha value is -0.770. The van der Waals surface area contributed by atoms with E-state index in [-0.39, 0.29) is 6.09 Å². The summed E-state index contributed by atoms with van der Waals surface area (Å²) in [4.78, 5) is 11.8. The van der Waals surface area contributed by atoms with Crippen LogP contribution >= 0.6 is 0 Å². The number of hydrogen-bond donors (Lipinski definition) is 2. The zero-order valence-electron chi connectivity index (χ0n) is 15.2. The van der Waals surface area contributed by atoms with Crippen LogP contribution in [-0.2, 0) is 4.74 Å². The van der Waals surface area contributed by atoms with Crippen molar-refractivity contribution in [3.8, 4) is 0 Å². The number of alkyl carbamates (subject to hydrolysis) is 1. The van der Waals surface area contributed by atoms with E-state index >= 15 is 0 Å². The maximum atomic E-state index is 11.8. The molecule has 0 aliphatic heterocycles. The summed E-state index contributed by atoms with van der Waals surface area (Å²) in [7, 11) is 0. The molecule has 130 valence electrons. The molecule has 4 nitrogen and oxygen atoms in total. The van der Waals surface area contributed by atoms with Crippen molar-refractivity contribution in [2.45, 2.75) is 97.2 Å². The minimum Gasteiger partial charge on any atom is -0.444 e. The molecule has 22 heavy (non-hydrogen) atoms. The van der Waals surface area contributed by atoms with Crippen molar-refractivity contribution < 1.29 is 9.53 Å². The Bertz CT molecular complexity index is 318. The van der Waals surface area contributed by atoms with Gasteiger partial charge in [0.05, 0.1) is 0 Å². The molecule has 0 bridgehead atoms. The van der Waals surface area contributed by atoms with Crippen LogP contribution in [0.4, 0.5) is 4.79 Å². The van der Waals surface area contributed by atoms with E-state index < -0.39 is 5.60 Å². The fourth-order valence-corrected chi connectivity index (χ4v) is 3.18. The van der Waals surface area contributed by atoms with E-state index in [9.17, 15) is 4.79 Å². The van der Waals surface area contributed by atoms with Crippen molar-refractivity contribution >= 4 is 6.09 Å². The van der Waals surface area contributed by atoms with Crippen LogP contribution in [0.15, 0.2) is 0 Å². The SMILES string of the molecule is CCCC(CNC(=O)OC(C)(C)C)NC1CCC(CC)CC1. The Morgan fingerprint density at radius 1 is 1.18 bits per heavy atom. The Labute approximate surface area is 136 Å². The number of ether oxygens (including phenoxy) is 1. The molecule has 1 fully saturated rings. The number of carbonyl (C=O) groups excluding carboxylic acids is 1. The summed E-state index contributed by atoms with van der Waals surface area (Å²) in [6.45, 7) is 10.8. The Morgan fingerprint density at radius 2 is 1.82 bits per heavy atom. The third-order valence-electron chi connectivity index (χ3n) is 4.42. The van der Waals surface area contributed by atoms with Gasteiger partial charge in [-0.25, -0.2) is 4.79 Å². The standard InChI is InChI=1S/C18H36N2O2/c1-6-8-16(13-19-17(21)22-18(3,4)5)20-15-11-9-14(7-2)10-12-15/h14-16,20H,6-13H2,1-5H3,(H,19,21). The average Bonchev–Trinajstić information content (AvgIpc) is 2.44. The molecule has 0 heterocycles. The lowest BCUT2D eigenvalue weighted by Gasteiger charge is -2.32. The number of carbonyl (C=O) groups is 1. The molecule has 0 saturated heterocycles. The van der Waals surface area contributed by atoms with Gasteiger partial charge >= 0.3 is 6.09 Å². The normalized spacial score (nSPS) is 23.9. The van der Waals surface area contributed by atoms with Crippen LogP contribution in [0, 0.1) is 5.92 Å². The molecule has 1 amide bonds. The van der Waals surface area contributed by atoms with E-state index in [1.54, 1.807) is 0 Å². The minimum atomic E-state index is -0.434. The van der Waals surface area contributed by atoms with Gasteiger partial charge in [0.15, 0.2) is 0 Å². The molecule has 1 saturated carbocycles. The van der Waals surface area contributed by atoms with Crippen LogP contribution in [0.5, 0.6) is 0 Å². The van der Waals surface area contributed by atoms with Crippen molar-refractivity contribution in [3.05, 3.63) is 0 Å². The largest absolute Gasteiger partial charge is 0.444 e. The molecule has 1 unspecified atom stereocenters. The highest BCUT2D eigenvalue weighted by Crippen LogP contribution is 2.26. The van der Waals surface area contributed by atoms with Gasteiger partial charge in [0.1, 0.15) is 5.60 Å². The minimum absolute atomic E-state index is 0.315. The third-order valence-corrected chi connectivity index (χ3v) is 4.42.